The SMILES string of the molecule is N#Cc1ccc(COc2cccc(N3CCC(Cc4nc5ccc(C(=O)O)cc5n4Cc4cncs4)C4CC43)n2)c(F)c1. The number of hydrogen-bond acceptors (Lipinski definition) is 8. The van der Waals surface area contributed by atoms with Crippen LogP contribution in [-0.4, -0.2) is 43.2 Å². The number of pyridine rings is 1. The standard InChI is InChI=1S/C32H27FN6O3S/c33-25-10-19(14-34)4-5-22(25)17-42-31-3-1-2-29(37-31)38-9-8-20(24-13-27(24)38)12-30-36-26-7-6-21(32(40)41)11-28(26)39(30)16-23-15-35-18-43-23/h1-7,10-11,15,18,20,24,27H,8-9,12-13,16-17H2,(H,40,41). The Balaban J connectivity index is 1.06. The van der Waals surface area contributed by atoms with E-state index in [-0.39, 0.29) is 17.7 Å². The molecule has 3 aromatic heterocycles. The molecule has 9 nitrogen and oxygen atoms in total. The number of nitrogens with zero attached hydrogens (tertiary/aromatic N) is 6. The lowest BCUT2D eigenvalue weighted by molar-refractivity contribution is 0.0697. The Bertz CT molecular complexity index is 1870. The van der Waals surface area contributed by atoms with E-state index in [1.54, 1.807) is 53.2 Å². The Labute approximate surface area is 250 Å². The third-order valence-electron chi connectivity index (χ3n) is 8.43. The number of benzene rings is 2. The summed E-state index contributed by atoms with van der Waals surface area (Å²) in [5, 5.41) is 18.5. The molecule has 0 bridgehead atoms. The molecular formula is C32H27FN6O3S. The maximum Gasteiger partial charge on any atom is 0.335 e. The molecule has 5 aromatic rings. The summed E-state index contributed by atoms with van der Waals surface area (Å²) >= 11 is 1.58. The largest absolute Gasteiger partial charge is 0.478 e. The quantitative estimate of drug-likeness (QED) is 0.232. The van der Waals surface area contributed by atoms with E-state index in [1.165, 1.54) is 6.07 Å². The zero-order valence-electron chi connectivity index (χ0n) is 23.1. The number of aromatic carboxylic acids is 1. The predicted molar refractivity (Wildman–Crippen MR) is 159 cm³/mol. The molecule has 1 saturated heterocycles. The molecule has 1 aliphatic heterocycles. The first-order chi connectivity index (χ1) is 21.0. The third-order valence-corrected chi connectivity index (χ3v) is 9.19. The molecule has 0 radical (unpaired) electrons. The van der Waals surface area contributed by atoms with Crippen molar-refractivity contribution >= 4 is 34.2 Å². The van der Waals surface area contributed by atoms with Gasteiger partial charge in [-0.3, -0.25) is 4.98 Å². The van der Waals surface area contributed by atoms with Crippen molar-refractivity contribution in [2.75, 3.05) is 11.4 Å². The van der Waals surface area contributed by atoms with Gasteiger partial charge in [0.15, 0.2) is 0 Å². The molecule has 0 spiro atoms. The molecule has 1 N–H and O–H groups in total. The summed E-state index contributed by atoms with van der Waals surface area (Å²) in [6, 6.07) is 17.5. The number of imidazole rings is 1. The number of hydrogen-bond donors (Lipinski definition) is 1. The molecule has 1 saturated carbocycles. The Morgan fingerprint density at radius 2 is 2.09 bits per heavy atom. The van der Waals surface area contributed by atoms with Gasteiger partial charge in [-0.15, -0.1) is 11.3 Å². The molecule has 11 heteroatoms. The molecule has 3 unspecified atom stereocenters. The van der Waals surface area contributed by atoms with Crippen LogP contribution in [-0.2, 0) is 19.6 Å². The predicted octanol–water partition coefficient (Wildman–Crippen LogP) is 5.68. The van der Waals surface area contributed by atoms with Crippen LogP contribution in [0.3, 0.4) is 0 Å². The number of piperidine rings is 1. The fourth-order valence-corrected chi connectivity index (χ4v) is 6.75. The number of carboxylic acid groups (broad SMARTS) is 1. The molecule has 2 fully saturated rings. The van der Waals surface area contributed by atoms with E-state index < -0.39 is 11.8 Å². The second-order valence-electron chi connectivity index (χ2n) is 11.0. The van der Waals surface area contributed by atoms with Crippen LogP contribution in [0.5, 0.6) is 5.88 Å². The highest BCUT2D eigenvalue weighted by Gasteiger charge is 2.50. The van der Waals surface area contributed by atoms with Gasteiger partial charge in [-0.25, -0.2) is 14.2 Å². The molecule has 0 amide bonds. The van der Waals surface area contributed by atoms with Gasteiger partial charge in [0.05, 0.1) is 40.3 Å². The van der Waals surface area contributed by atoms with Crippen LogP contribution < -0.4 is 9.64 Å². The van der Waals surface area contributed by atoms with E-state index in [4.69, 9.17) is 20.0 Å². The highest BCUT2D eigenvalue weighted by Crippen LogP contribution is 2.49. The summed E-state index contributed by atoms with van der Waals surface area (Å²) in [5.74, 6) is 1.79. The minimum absolute atomic E-state index is 0.0264. The number of thiazole rings is 1. The van der Waals surface area contributed by atoms with Gasteiger partial charge in [0.25, 0.3) is 0 Å². The number of carboxylic acids is 1. The smallest absolute Gasteiger partial charge is 0.335 e. The van der Waals surface area contributed by atoms with Crippen LogP contribution in [0, 0.1) is 29.0 Å². The molecule has 43 heavy (non-hydrogen) atoms. The van der Waals surface area contributed by atoms with Crippen molar-refractivity contribution in [3.05, 3.63) is 99.5 Å². The zero-order chi connectivity index (χ0) is 29.5. The van der Waals surface area contributed by atoms with Gasteiger partial charge in [-0.1, -0.05) is 12.1 Å². The minimum atomic E-state index is -0.952. The number of fused-ring (bicyclic) bond motifs is 2. The van der Waals surface area contributed by atoms with Crippen molar-refractivity contribution < 1.29 is 19.0 Å². The number of aromatic nitrogens is 4. The van der Waals surface area contributed by atoms with Gasteiger partial charge >= 0.3 is 5.97 Å². The van der Waals surface area contributed by atoms with Gasteiger partial charge in [-0.2, -0.15) is 10.2 Å². The summed E-state index contributed by atoms with van der Waals surface area (Å²) in [5.41, 5.74) is 4.33. The van der Waals surface area contributed by atoms with Crippen molar-refractivity contribution in [3.63, 3.8) is 0 Å². The average Bonchev–Trinajstić information content (AvgIpc) is 3.53. The van der Waals surface area contributed by atoms with Gasteiger partial charge in [0.1, 0.15) is 24.1 Å². The van der Waals surface area contributed by atoms with Crippen LogP contribution in [0.25, 0.3) is 11.0 Å². The summed E-state index contributed by atoms with van der Waals surface area (Å²) in [4.78, 5) is 29.0. The number of nitriles is 1. The number of rotatable bonds is 9. The number of ether oxygens (including phenoxy) is 1. The molecule has 2 aliphatic rings. The Kier molecular flexibility index (Phi) is 6.99. The summed E-state index contributed by atoms with van der Waals surface area (Å²) in [6.45, 7) is 1.49. The highest BCUT2D eigenvalue weighted by atomic mass is 32.1. The highest BCUT2D eigenvalue weighted by molar-refractivity contribution is 7.09. The van der Waals surface area contributed by atoms with Crippen molar-refractivity contribution in [1.82, 2.24) is 19.5 Å². The Hall–Kier alpha value is -4.82. The van der Waals surface area contributed by atoms with E-state index in [1.807, 2.05) is 24.4 Å². The van der Waals surface area contributed by atoms with Crippen LogP contribution in [0.15, 0.2) is 66.3 Å². The summed E-state index contributed by atoms with van der Waals surface area (Å²) in [6.07, 6.45) is 4.72. The summed E-state index contributed by atoms with van der Waals surface area (Å²) < 4.78 is 22.3. The van der Waals surface area contributed by atoms with E-state index >= 15 is 0 Å². The lowest BCUT2D eigenvalue weighted by Crippen LogP contribution is -2.36. The second kappa shape index (κ2) is 11.1. The van der Waals surface area contributed by atoms with Crippen LogP contribution in [0.1, 0.15) is 45.0 Å². The van der Waals surface area contributed by atoms with Crippen LogP contribution in [0.2, 0.25) is 0 Å². The van der Waals surface area contributed by atoms with Gasteiger partial charge < -0.3 is 19.3 Å². The molecular weight excluding hydrogens is 567 g/mol. The van der Waals surface area contributed by atoms with Gasteiger partial charge in [-0.05, 0) is 61.1 Å². The molecule has 216 valence electrons. The normalized spacial score (nSPS) is 19.2. The van der Waals surface area contributed by atoms with E-state index in [9.17, 15) is 14.3 Å². The number of halogens is 1. The Morgan fingerprint density at radius 1 is 1.19 bits per heavy atom. The first kappa shape index (κ1) is 27.0. The van der Waals surface area contributed by atoms with Crippen molar-refractivity contribution in [2.24, 2.45) is 11.8 Å². The van der Waals surface area contributed by atoms with E-state index in [0.29, 0.717) is 35.9 Å². The lowest BCUT2D eigenvalue weighted by Gasteiger charge is -2.32. The number of carbonyl (C=O) groups is 1. The maximum absolute atomic E-state index is 14.3. The fourth-order valence-electron chi connectivity index (χ4n) is 6.17. The molecule has 1 aliphatic carbocycles. The monoisotopic (exact) mass is 594 g/mol. The van der Waals surface area contributed by atoms with Crippen LogP contribution >= 0.6 is 11.3 Å². The first-order valence-corrected chi connectivity index (χ1v) is 15.0. The van der Waals surface area contributed by atoms with Gasteiger partial charge in [0, 0.05) is 41.7 Å². The lowest BCUT2D eigenvalue weighted by atomic mass is 9.92. The Morgan fingerprint density at radius 3 is 2.88 bits per heavy atom. The van der Waals surface area contributed by atoms with Crippen molar-refractivity contribution in [1.29, 1.82) is 5.26 Å². The van der Waals surface area contributed by atoms with Gasteiger partial charge in [0.2, 0.25) is 5.88 Å². The number of anilines is 1. The molecule has 4 heterocycles. The minimum Gasteiger partial charge on any atom is -0.478 e. The fraction of sp³-hybridized carbons (Fsp3) is 0.281. The zero-order valence-corrected chi connectivity index (χ0v) is 23.9. The topological polar surface area (TPSA) is 117 Å². The molecule has 2 aromatic carbocycles. The molecule has 7 rings (SSSR count). The third kappa shape index (κ3) is 5.42. The maximum atomic E-state index is 14.3. The van der Waals surface area contributed by atoms with E-state index in [0.717, 1.165) is 53.4 Å². The van der Waals surface area contributed by atoms with E-state index in [2.05, 4.69) is 14.5 Å². The first-order valence-electron chi connectivity index (χ1n) is 14.1. The summed E-state index contributed by atoms with van der Waals surface area (Å²) in [7, 11) is 0. The average molecular weight is 595 g/mol. The second-order valence-corrected chi connectivity index (χ2v) is 12.0. The molecule has 3 atom stereocenters. The van der Waals surface area contributed by atoms with Crippen LogP contribution in [0.4, 0.5) is 10.2 Å². The van der Waals surface area contributed by atoms with Crippen molar-refractivity contribution in [3.8, 4) is 11.9 Å². The van der Waals surface area contributed by atoms with Crippen molar-refractivity contribution in [2.45, 2.75) is 38.5 Å².